The summed E-state index contributed by atoms with van der Waals surface area (Å²) in [6.07, 6.45) is 1.07. The van der Waals surface area contributed by atoms with Crippen LogP contribution >= 0.6 is 0 Å². The molecule has 0 fully saturated rings. The Morgan fingerprint density at radius 3 is 2.20 bits per heavy atom. The van der Waals surface area contributed by atoms with Gasteiger partial charge in [-0.2, -0.15) is 0 Å². The molecule has 0 N–H and O–H groups in total. The molecule has 0 radical (unpaired) electrons. The van der Waals surface area contributed by atoms with Crippen molar-refractivity contribution >= 4 is 5.69 Å². The van der Waals surface area contributed by atoms with Crippen molar-refractivity contribution in [2.75, 3.05) is 24.6 Å². The molecule has 0 saturated carbocycles. The summed E-state index contributed by atoms with van der Waals surface area (Å²) in [5.41, 5.74) is 2.59. The molecule has 0 aliphatic rings. The lowest BCUT2D eigenvalue weighted by atomic mass is 10.2. The zero-order valence-electron chi connectivity index (χ0n) is 12.4. The van der Waals surface area contributed by atoms with Crippen LogP contribution < -0.4 is 9.64 Å². The van der Waals surface area contributed by atoms with Crippen molar-refractivity contribution in [3.8, 4) is 5.75 Å². The molecule has 0 saturated heterocycles. The molecular formula is C18H23NO. The Kier molecular flexibility index (Phi) is 5.48. The first-order valence-electron chi connectivity index (χ1n) is 7.35. The lowest BCUT2D eigenvalue weighted by molar-refractivity contribution is 0.324. The number of benzene rings is 2. The van der Waals surface area contributed by atoms with Crippen LogP contribution in [0.15, 0.2) is 54.6 Å². The maximum atomic E-state index is 5.82. The van der Waals surface area contributed by atoms with E-state index in [2.05, 4.69) is 67.3 Å². The van der Waals surface area contributed by atoms with Gasteiger partial charge in [0.05, 0.1) is 6.54 Å². The third kappa shape index (κ3) is 4.02. The number of para-hydroxylation sites is 1. The molecule has 2 aromatic carbocycles. The number of hydrogen-bond acceptors (Lipinski definition) is 2. The zero-order valence-corrected chi connectivity index (χ0v) is 12.4. The highest BCUT2D eigenvalue weighted by Gasteiger charge is 2.03. The number of nitrogens with zero attached hydrogens (tertiary/aromatic N) is 1. The monoisotopic (exact) mass is 269 g/mol. The van der Waals surface area contributed by atoms with Crippen molar-refractivity contribution < 1.29 is 4.74 Å². The van der Waals surface area contributed by atoms with Gasteiger partial charge in [-0.3, -0.25) is 0 Å². The van der Waals surface area contributed by atoms with E-state index >= 15 is 0 Å². The third-order valence-corrected chi connectivity index (χ3v) is 3.46. The van der Waals surface area contributed by atoms with Crippen LogP contribution in [0.4, 0.5) is 5.69 Å². The molecule has 2 rings (SSSR count). The topological polar surface area (TPSA) is 12.5 Å². The number of hydrogen-bond donors (Lipinski definition) is 0. The van der Waals surface area contributed by atoms with Crippen LogP contribution in [0, 0.1) is 0 Å². The van der Waals surface area contributed by atoms with E-state index in [0.717, 1.165) is 25.3 Å². The van der Waals surface area contributed by atoms with Crippen molar-refractivity contribution in [2.24, 2.45) is 0 Å². The molecule has 0 spiro atoms. The number of aryl methyl sites for hydroxylation is 1. The minimum Gasteiger partial charge on any atom is -0.492 e. The van der Waals surface area contributed by atoms with Gasteiger partial charge in [0.2, 0.25) is 0 Å². The van der Waals surface area contributed by atoms with Crippen molar-refractivity contribution in [1.82, 2.24) is 0 Å². The second-order valence-corrected chi connectivity index (χ2v) is 4.76. The quantitative estimate of drug-likeness (QED) is 0.748. The summed E-state index contributed by atoms with van der Waals surface area (Å²) in [6, 6.07) is 18.8. The van der Waals surface area contributed by atoms with Crippen molar-refractivity contribution in [3.63, 3.8) is 0 Å². The molecule has 0 aliphatic carbocycles. The fraction of sp³-hybridized carbons (Fsp3) is 0.333. The van der Waals surface area contributed by atoms with E-state index in [9.17, 15) is 0 Å². The molecule has 2 aromatic rings. The molecule has 0 unspecified atom stereocenters. The van der Waals surface area contributed by atoms with Crippen LogP contribution in [-0.4, -0.2) is 19.7 Å². The van der Waals surface area contributed by atoms with Crippen LogP contribution in [0.25, 0.3) is 0 Å². The Balaban J connectivity index is 1.84. The molecule has 0 bridgehead atoms. The largest absolute Gasteiger partial charge is 0.492 e. The highest BCUT2D eigenvalue weighted by molar-refractivity contribution is 5.45. The Hall–Kier alpha value is -1.96. The summed E-state index contributed by atoms with van der Waals surface area (Å²) in [6.45, 7) is 6.92. The lowest BCUT2D eigenvalue weighted by Gasteiger charge is -2.23. The molecular weight excluding hydrogens is 246 g/mol. The van der Waals surface area contributed by atoms with E-state index in [1.807, 2.05) is 6.07 Å². The van der Waals surface area contributed by atoms with Gasteiger partial charge in [-0.1, -0.05) is 37.3 Å². The van der Waals surface area contributed by atoms with Crippen LogP contribution in [0.1, 0.15) is 19.4 Å². The molecule has 20 heavy (non-hydrogen) atoms. The molecule has 0 atom stereocenters. The van der Waals surface area contributed by atoms with Gasteiger partial charge in [0.15, 0.2) is 0 Å². The van der Waals surface area contributed by atoms with E-state index in [1.54, 1.807) is 0 Å². The Morgan fingerprint density at radius 2 is 1.60 bits per heavy atom. The Bertz CT molecular complexity index is 493. The average Bonchev–Trinajstić information content (AvgIpc) is 2.53. The summed E-state index contributed by atoms with van der Waals surface area (Å²) in [5, 5.41) is 0. The smallest absolute Gasteiger partial charge is 0.119 e. The third-order valence-electron chi connectivity index (χ3n) is 3.46. The second-order valence-electron chi connectivity index (χ2n) is 4.76. The SMILES string of the molecule is CCc1ccc(OCCN(CC)c2ccccc2)cc1. The first-order valence-corrected chi connectivity index (χ1v) is 7.35. The van der Waals surface area contributed by atoms with E-state index in [1.165, 1.54) is 11.3 Å². The second kappa shape index (κ2) is 7.59. The standard InChI is InChI=1S/C18H23NO/c1-3-16-10-12-18(13-11-16)20-15-14-19(4-2)17-8-6-5-7-9-17/h5-13H,3-4,14-15H2,1-2H3. The van der Waals surface area contributed by atoms with E-state index in [4.69, 9.17) is 4.74 Å². The fourth-order valence-corrected chi connectivity index (χ4v) is 2.20. The van der Waals surface area contributed by atoms with Gasteiger partial charge in [0.25, 0.3) is 0 Å². The van der Waals surface area contributed by atoms with E-state index in [0.29, 0.717) is 6.61 Å². The van der Waals surface area contributed by atoms with Crippen LogP contribution in [0.2, 0.25) is 0 Å². The minimum atomic E-state index is 0.703. The highest BCUT2D eigenvalue weighted by atomic mass is 16.5. The molecule has 2 heteroatoms. The van der Waals surface area contributed by atoms with Gasteiger partial charge in [0, 0.05) is 12.2 Å². The molecule has 106 valence electrons. The maximum Gasteiger partial charge on any atom is 0.119 e. The number of anilines is 1. The summed E-state index contributed by atoms with van der Waals surface area (Å²) in [7, 11) is 0. The predicted octanol–water partition coefficient (Wildman–Crippen LogP) is 4.15. The number of rotatable bonds is 7. The number of ether oxygens (including phenoxy) is 1. The fourth-order valence-electron chi connectivity index (χ4n) is 2.20. The summed E-state index contributed by atoms with van der Waals surface area (Å²) in [5.74, 6) is 0.950. The first-order chi connectivity index (χ1) is 9.83. The molecule has 0 amide bonds. The molecule has 2 nitrogen and oxygen atoms in total. The average molecular weight is 269 g/mol. The van der Waals surface area contributed by atoms with Crippen LogP contribution in [0.5, 0.6) is 5.75 Å². The van der Waals surface area contributed by atoms with Crippen molar-refractivity contribution in [3.05, 3.63) is 60.2 Å². The van der Waals surface area contributed by atoms with Gasteiger partial charge in [0.1, 0.15) is 12.4 Å². The van der Waals surface area contributed by atoms with Gasteiger partial charge in [-0.25, -0.2) is 0 Å². The summed E-state index contributed by atoms with van der Waals surface area (Å²) >= 11 is 0. The van der Waals surface area contributed by atoms with Gasteiger partial charge < -0.3 is 9.64 Å². The van der Waals surface area contributed by atoms with Crippen molar-refractivity contribution in [2.45, 2.75) is 20.3 Å². The maximum absolute atomic E-state index is 5.82. The Morgan fingerprint density at radius 1 is 0.900 bits per heavy atom. The molecule has 0 heterocycles. The van der Waals surface area contributed by atoms with E-state index in [-0.39, 0.29) is 0 Å². The first kappa shape index (κ1) is 14.4. The number of likely N-dealkylation sites (N-methyl/N-ethyl adjacent to an activating group) is 1. The zero-order chi connectivity index (χ0) is 14.2. The van der Waals surface area contributed by atoms with Gasteiger partial charge >= 0.3 is 0 Å². The molecule has 0 aliphatic heterocycles. The normalized spacial score (nSPS) is 10.3. The van der Waals surface area contributed by atoms with E-state index < -0.39 is 0 Å². The summed E-state index contributed by atoms with van der Waals surface area (Å²) in [4.78, 5) is 2.32. The lowest BCUT2D eigenvalue weighted by Crippen LogP contribution is -2.27. The van der Waals surface area contributed by atoms with Crippen molar-refractivity contribution in [1.29, 1.82) is 0 Å². The van der Waals surface area contributed by atoms with Crippen LogP contribution in [-0.2, 0) is 6.42 Å². The van der Waals surface area contributed by atoms with Gasteiger partial charge in [-0.15, -0.1) is 0 Å². The Labute approximate surface area is 122 Å². The van der Waals surface area contributed by atoms with Gasteiger partial charge in [-0.05, 0) is 43.2 Å². The molecule has 0 aromatic heterocycles. The minimum absolute atomic E-state index is 0.703. The van der Waals surface area contributed by atoms with Crippen LogP contribution in [0.3, 0.4) is 0 Å². The predicted molar refractivity (Wildman–Crippen MR) is 85.6 cm³/mol. The summed E-state index contributed by atoms with van der Waals surface area (Å²) < 4.78 is 5.82. The highest BCUT2D eigenvalue weighted by Crippen LogP contribution is 2.14.